The molecule has 0 aliphatic carbocycles. The Morgan fingerprint density at radius 3 is 2.38 bits per heavy atom. The van der Waals surface area contributed by atoms with E-state index in [0.717, 1.165) is 35.7 Å². The van der Waals surface area contributed by atoms with Gasteiger partial charge in [-0.05, 0) is 41.7 Å². The predicted molar refractivity (Wildman–Crippen MR) is 162 cm³/mol. The summed E-state index contributed by atoms with van der Waals surface area (Å²) in [5, 5.41) is 6.62. The number of rotatable bonds is 2. The van der Waals surface area contributed by atoms with Crippen molar-refractivity contribution in [3.8, 4) is 0 Å². The lowest BCUT2D eigenvalue weighted by Gasteiger charge is -2.34. The normalized spacial score (nSPS) is 23.1. The van der Waals surface area contributed by atoms with E-state index in [9.17, 15) is 14.4 Å². The van der Waals surface area contributed by atoms with Crippen LogP contribution in [0.25, 0.3) is 0 Å². The number of halogens is 1. The fourth-order valence-corrected chi connectivity index (χ4v) is 6.57. The van der Waals surface area contributed by atoms with Crippen molar-refractivity contribution in [2.24, 2.45) is 5.92 Å². The Morgan fingerprint density at radius 1 is 0.923 bits per heavy atom. The minimum Gasteiger partial charge on any atom is -0.352 e. The van der Waals surface area contributed by atoms with Gasteiger partial charge >= 0.3 is 0 Å². The van der Waals surface area contributed by atoms with E-state index in [1.54, 1.807) is 28.8 Å². The smallest absolute Gasteiger partial charge is 0.245 e. The molecule has 2 aromatic carbocycles. The third-order valence-corrected chi connectivity index (χ3v) is 9.15. The number of nitrogens with zero attached hydrogens (tertiary/aromatic N) is 1. The van der Waals surface area contributed by atoms with Crippen molar-refractivity contribution in [2.75, 3.05) is 31.1 Å². The molecule has 2 atom stereocenters. The zero-order valence-electron chi connectivity index (χ0n) is 22.1. The summed E-state index contributed by atoms with van der Waals surface area (Å²) in [5.41, 5.74) is 3.44. The molecule has 3 heterocycles. The molecule has 5 rings (SSSR count). The third-order valence-electron chi connectivity index (χ3n) is 6.90. The highest BCUT2D eigenvalue weighted by atomic mass is 35.5. The Labute approximate surface area is 244 Å². The van der Waals surface area contributed by atoms with Crippen molar-refractivity contribution in [1.82, 2.24) is 15.5 Å². The van der Waals surface area contributed by atoms with Gasteiger partial charge in [-0.1, -0.05) is 60.2 Å². The largest absolute Gasteiger partial charge is 0.352 e. The van der Waals surface area contributed by atoms with Gasteiger partial charge in [0.1, 0.15) is 6.04 Å². The number of piperidine rings is 1. The van der Waals surface area contributed by atoms with Gasteiger partial charge in [0.05, 0.1) is 5.92 Å². The van der Waals surface area contributed by atoms with E-state index < -0.39 is 6.04 Å². The number of hydrogen-bond donors (Lipinski definition) is 2. The van der Waals surface area contributed by atoms with Gasteiger partial charge < -0.3 is 15.5 Å². The Balaban J connectivity index is 1.46. The molecule has 1 fully saturated rings. The lowest BCUT2D eigenvalue weighted by molar-refractivity contribution is -0.139. The number of hydrogen-bond acceptors (Lipinski definition) is 5. The molecule has 1 saturated heterocycles. The summed E-state index contributed by atoms with van der Waals surface area (Å²) in [6.45, 7) is 1.43. The standard InChI is InChI=1S/C30H36ClN3O3S2/c31-26-11-9-22(10-12-26)18-27-30(37)34-15-3-4-25(19-34)29(36)32-14-1-2-16-38-20-23-5-7-24(8-6-23)21-39-17-13-28(35)33-27/h1-2,5-12,25,27H,3-4,13-21H2,(H,32,36)(H,33,35)/b2-1+/t25-,27-/m0/s1. The van der Waals surface area contributed by atoms with Crippen LogP contribution in [0.1, 0.15) is 36.0 Å². The van der Waals surface area contributed by atoms with Gasteiger partial charge in [0.2, 0.25) is 17.7 Å². The number of carbonyl (C=O) groups excluding carboxylic acids is 3. The second-order valence-electron chi connectivity index (χ2n) is 9.92. The van der Waals surface area contributed by atoms with Gasteiger partial charge in [-0.3, -0.25) is 14.4 Å². The van der Waals surface area contributed by atoms with E-state index in [-0.39, 0.29) is 23.6 Å². The van der Waals surface area contributed by atoms with Crippen LogP contribution < -0.4 is 10.6 Å². The van der Waals surface area contributed by atoms with E-state index >= 15 is 0 Å². The van der Waals surface area contributed by atoms with Gasteiger partial charge in [0, 0.05) is 60.5 Å². The zero-order valence-corrected chi connectivity index (χ0v) is 24.5. The molecular formula is C30H36ClN3O3S2. The van der Waals surface area contributed by atoms with Gasteiger partial charge in [0.25, 0.3) is 0 Å². The summed E-state index contributed by atoms with van der Waals surface area (Å²) in [4.78, 5) is 41.2. The molecule has 3 aliphatic heterocycles. The molecule has 0 saturated carbocycles. The minimum absolute atomic E-state index is 0.0291. The molecule has 0 aromatic heterocycles. The summed E-state index contributed by atoms with van der Waals surface area (Å²) in [6, 6.07) is 15.3. The Morgan fingerprint density at radius 2 is 1.64 bits per heavy atom. The number of benzene rings is 2. The van der Waals surface area contributed by atoms with E-state index in [1.165, 1.54) is 11.1 Å². The van der Waals surface area contributed by atoms with E-state index in [0.29, 0.717) is 43.3 Å². The topological polar surface area (TPSA) is 78.5 Å². The highest BCUT2D eigenvalue weighted by molar-refractivity contribution is 7.98. The number of amides is 3. The van der Waals surface area contributed by atoms with Crippen LogP contribution in [0.3, 0.4) is 0 Å². The fraction of sp³-hybridized carbons (Fsp3) is 0.433. The average molecular weight is 586 g/mol. The SMILES string of the molecule is O=C1CCSCc2ccc(cc2)CSC/C=C/CNC(=O)[C@H]2CCCN(C2)C(=O)[C@H](Cc2ccc(Cl)cc2)N1. The first-order valence-electron chi connectivity index (χ1n) is 13.5. The van der Waals surface area contributed by atoms with Gasteiger partial charge in [-0.15, -0.1) is 0 Å². The highest BCUT2D eigenvalue weighted by Crippen LogP contribution is 2.20. The molecule has 4 bridgehead atoms. The summed E-state index contributed by atoms with van der Waals surface area (Å²) < 4.78 is 0. The van der Waals surface area contributed by atoms with E-state index in [2.05, 4.69) is 41.0 Å². The van der Waals surface area contributed by atoms with Crippen molar-refractivity contribution in [3.05, 3.63) is 82.4 Å². The molecule has 0 unspecified atom stereocenters. The van der Waals surface area contributed by atoms with Gasteiger partial charge in [-0.2, -0.15) is 23.5 Å². The zero-order chi connectivity index (χ0) is 27.5. The first-order chi connectivity index (χ1) is 19.0. The van der Waals surface area contributed by atoms with Crippen molar-refractivity contribution in [1.29, 1.82) is 0 Å². The van der Waals surface area contributed by atoms with Crippen LogP contribution in [0.5, 0.6) is 0 Å². The lowest BCUT2D eigenvalue weighted by Crippen LogP contribution is -2.53. The van der Waals surface area contributed by atoms with Crippen molar-refractivity contribution >= 4 is 52.8 Å². The molecule has 39 heavy (non-hydrogen) atoms. The molecule has 3 amide bonds. The van der Waals surface area contributed by atoms with Crippen LogP contribution >= 0.6 is 35.1 Å². The summed E-state index contributed by atoms with van der Waals surface area (Å²) in [5.74, 6) is 2.77. The van der Waals surface area contributed by atoms with E-state index in [4.69, 9.17) is 11.6 Å². The molecule has 0 spiro atoms. The second kappa shape index (κ2) is 15.4. The fourth-order valence-electron chi connectivity index (χ4n) is 4.72. The van der Waals surface area contributed by atoms with Crippen molar-refractivity contribution in [3.63, 3.8) is 0 Å². The molecule has 9 heteroatoms. The van der Waals surface area contributed by atoms with Crippen LogP contribution in [0, 0.1) is 5.92 Å². The third kappa shape index (κ3) is 9.62. The van der Waals surface area contributed by atoms with Gasteiger partial charge in [0.15, 0.2) is 0 Å². The van der Waals surface area contributed by atoms with Crippen LogP contribution in [-0.4, -0.2) is 59.8 Å². The molecule has 3 aliphatic rings. The maximum absolute atomic E-state index is 13.7. The second-order valence-corrected chi connectivity index (χ2v) is 12.5. The van der Waals surface area contributed by atoms with Crippen LogP contribution in [0.15, 0.2) is 60.7 Å². The van der Waals surface area contributed by atoms with Crippen molar-refractivity contribution in [2.45, 2.75) is 43.2 Å². The predicted octanol–water partition coefficient (Wildman–Crippen LogP) is 4.85. The minimum atomic E-state index is -0.694. The summed E-state index contributed by atoms with van der Waals surface area (Å²) >= 11 is 9.60. The van der Waals surface area contributed by atoms with Crippen LogP contribution in [-0.2, 0) is 32.3 Å². The number of carbonyl (C=O) groups is 3. The highest BCUT2D eigenvalue weighted by Gasteiger charge is 2.32. The van der Waals surface area contributed by atoms with E-state index in [1.807, 2.05) is 30.0 Å². The number of fused-ring (bicyclic) bond motifs is 15. The summed E-state index contributed by atoms with van der Waals surface area (Å²) in [6.07, 6.45) is 6.29. The number of nitrogens with one attached hydrogen (secondary N) is 2. The first-order valence-corrected chi connectivity index (χ1v) is 16.2. The van der Waals surface area contributed by atoms with Crippen LogP contribution in [0.2, 0.25) is 5.02 Å². The lowest BCUT2D eigenvalue weighted by atomic mass is 9.95. The molecular weight excluding hydrogens is 550 g/mol. The molecule has 6 nitrogen and oxygen atoms in total. The number of thioether (sulfide) groups is 2. The average Bonchev–Trinajstić information content (AvgIpc) is 2.95. The quantitative estimate of drug-likeness (QED) is 0.493. The van der Waals surface area contributed by atoms with Crippen LogP contribution in [0.4, 0.5) is 0 Å². The van der Waals surface area contributed by atoms with Gasteiger partial charge in [-0.25, -0.2) is 0 Å². The maximum Gasteiger partial charge on any atom is 0.245 e. The molecule has 2 aromatic rings. The first kappa shape index (κ1) is 29.6. The molecule has 208 valence electrons. The van der Waals surface area contributed by atoms with Crippen molar-refractivity contribution < 1.29 is 14.4 Å². The molecule has 2 N–H and O–H groups in total. The molecule has 0 radical (unpaired) electrons. The maximum atomic E-state index is 13.7. The summed E-state index contributed by atoms with van der Waals surface area (Å²) in [7, 11) is 0. The Bertz CT molecular complexity index is 1140. The Hall–Kier alpha value is -2.42. The Kier molecular flexibility index (Phi) is 11.7. The monoisotopic (exact) mass is 585 g/mol.